The van der Waals surface area contributed by atoms with Crippen molar-refractivity contribution in [3.05, 3.63) is 70.9 Å². The van der Waals surface area contributed by atoms with Crippen molar-refractivity contribution >= 4 is 29.0 Å². The van der Waals surface area contributed by atoms with Crippen molar-refractivity contribution in [2.24, 2.45) is 0 Å². The van der Waals surface area contributed by atoms with E-state index in [1.807, 2.05) is 42.5 Å². The lowest BCUT2D eigenvalue weighted by Gasteiger charge is -2.07. The van der Waals surface area contributed by atoms with E-state index in [0.717, 1.165) is 11.3 Å². The number of nitrogens with zero attached hydrogens (tertiary/aromatic N) is 2. The first-order chi connectivity index (χ1) is 13.7. The number of nitrogens with one attached hydrogen (secondary N) is 2. The Bertz CT molecular complexity index is 978. The topological polar surface area (TPSA) is 85.4 Å². The van der Waals surface area contributed by atoms with E-state index in [1.54, 1.807) is 12.1 Å². The number of ether oxygens (including phenoxy) is 2. The first kappa shape index (κ1) is 18.1. The number of hydrogen-bond acceptors (Lipinski definition) is 6. The molecule has 8 heteroatoms. The van der Waals surface area contributed by atoms with E-state index in [9.17, 15) is 4.79 Å². The average molecular weight is 397 g/mol. The largest absolute Gasteiger partial charge is 0.454 e. The first-order valence-electron chi connectivity index (χ1n) is 8.70. The summed E-state index contributed by atoms with van der Waals surface area (Å²) in [4.78, 5) is 12.2. The van der Waals surface area contributed by atoms with Crippen LogP contribution in [0, 0.1) is 0 Å². The van der Waals surface area contributed by atoms with Gasteiger partial charge < -0.3 is 20.1 Å². The molecule has 0 bridgehead atoms. The van der Waals surface area contributed by atoms with Gasteiger partial charge in [0.15, 0.2) is 23.0 Å². The number of aromatic nitrogens is 2. The molecule has 0 unspecified atom stereocenters. The van der Waals surface area contributed by atoms with E-state index in [-0.39, 0.29) is 18.4 Å². The van der Waals surface area contributed by atoms with Crippen LogP contribution in [0.4, 0.5) is 11.5 Å². The molecule has 2 N–H and O–H groups in total. The second-order valence-electron chi connectivity index (χ2n) is 6.13. The maximum Gasteiger partial charge on any atom is 0.271 e. The van der Waals surface area contributed by atoms with Gasteiger partial charge in [0.05, 0.1) is 0 Å². The van der Waals surface area contributed by atoms with E-state index in [2.05, 4.69) is 20.8 Å². The number of benzene rings is 2. The Morgan fingerprint density at radius 3 is 2.61 bits per heavy atom. The Labute approximate surface area is 166 Å². The molecule has 7 nitrogen and oxygen atoms in total. The summed E-state index contributed by atoms with van der Waals surface area (Å²) in [5.41, 5.74) is 2.14. The maximum atomic E-state index is 12.2. The van der Waals surface area contributed by atoms with E-state index in [0.29, 0.717) is 35.3 Å². The van der Waals surface area contributed by atoms with Crippen LogP contribution < -0.4 is 20.1 Å². The molecule has 3 aromatic rings. The second kappa shape index (κ2) is 8.14. The molecule has 0 saturated heterocycles. The number of fused-ring (bicyclic) bond motifs is 1. The predicted molar refractivity (Wildman–Crippen MR) is 105 cm³/mol. The Morgan fingerprint density at radius 1 is 1.00 bits per heavy atom. The summed E-state index contributed by atoms with van der Waals surface area (Å²) in [6.45, 7) is 0.722. The quantitative estimate of drug-likeness (QED) is 0.662. The fraction of sp³-hybridized carbons (Fsp3) is 0.150. The van der Waals surface area contributed by atoms with Gasteiger partial charge in [0.2, 0.25) is 6.79 Å². The number of hydrogen-bond donors (Lipinski definition) is 2. The summed E-state index contributed by atoms with van der Waals surface area (Å²) in [5.74, 6) is 1.64. The molecule has 2 heterocycles. The summed E-state index contributed by atoms with van der Waals surface area (Å²) in [6, 6.07) is 16.3. The van der Waals surface area contributed by atoms with Crippen LogP contribution in [0.25, 0.3) is 0 Å². The van der Waals surface area contributed by atoms with Crippen LogP contribution in [0.15, 0.2) is 54.6 Å². The molecule has 0 saturated carbocycles. The molecule has 0 aliphatic carbocycles. The van der Waals surface area contributed by atoms with Gasteiger partial charge in [-0.1, -0.05) is 23.7 Å². The Hall–Kier alpha value is -3.32. The molecule has 1 aromatic heterocycles. The monoisotopic (exact) mass is 396 g/mol. The highest BCUT2D eigenvalue weighted by atomic mass is 35.5. The molecule has 0 radical (unpaired) electrons. The number of rotatable bonds is 6. The molecule has 28 heavy (non-hydrogen) atoms. The van der Waals surface area contributed by atoms with Crippen LogP contribution >= 0.6 is 11.6 Å². The molecule has 0 atom stereocenters. The molecule has 4 rings (SSSR count). The number of anilines is 2. The molecule has 0 spiro atoms. The Balaban J connectivity index is 1.31. The third kappa shape index (κ3) is 4.32. The third-order valence-electron chi connectivity index (χ3n) is 4.15. The molecule has 0 fully saturated rings. The average Bonchev–Trinajstić information content (AvgIpc) is 3.18. The van der Waals surface area contributed by atoms with Gasteiger partial charge in [0, 0.05) is 23.3 Å². The summed E-state index contributed by atoms with van der Waals surface area (Å²) < 4.78 is 10.6. The maximum absolute atomic E-state index is 12.2. The van der Waals surface area contributed by atoms with Crippen molar-refractivity contribution in [3.8, 4) is 11.5 Å². The number of carbonyl (C=O) groups excluding carboxylic acids is 1. The molecule has 2 aromatic carbocycles. The molecular weight excluding hydrogens is 380 g/mol. The highest BCUT2D eigenvalue weighted by molar-refractivity contribution is 6.30. The normalized spacial score (nSPS) is 11.9. The summed E-state index contributed by atoms with van der Waals surface area (Å²) >= 11 is 5.86. The third-order valence-corrected chi connectivity index (χ3v) is 4.41. The zero-order chi connectivity index (χ0) is 19.3. The van der Waals surface area contributed by atoms with Crippen LogP contribution in [0.1, 0.15) is 16.1 Å². The zero-order valence-electron chi connectivity index (χ0n) is 14.8. The number of carbonyl (C=O) groups is 1. The predicted octanol–water partition coefficient (Wildman–Crippen LogP) is 3.57. The molecule has 1 aliphatic rings. The van der Waals surface area contributed by atoms with Crippen molar-refractivity contribution in [3.63, 3.8) is 0 Å². The minimum atomic E-state index is -0.268. The summed E-state index contributed by atoms with van der Waals surface area (Å²) in [7, 11) is 0. The molecular formula is C20H17ClN4O3. The number of amides is 1. The lowest BCUT2D eigenvalue weighted by atomic mass is 10.1. The molecule has 1 aliphatic heterocycles. The van der Waals surface area contributed by atoms with Gasteiger partial charge >= 0.3 is 0 Å². The fourth-order valence-corrected chi connectivity index (χ4v) is 2.83. The molecule has 142 valence electrons. The summed E-state index contributed by atoms with van der Waals surface area (Å²) in [6.07, 6.45) is 0.708. The van der Waals surface area contributed by atoms with Crippen LogP contribution in [0.3, 0.4) is 0 Å². The Morgan fingerprint density at radius 2 is 1.82 bits per heavy atom. The van der Waals surface area contributed by atoms with Gasteiger partial charge in [-0.05, 0) is 48.4 Å². The summed E-state index contributed by atoms with van der Waals surface area (Å²) in [5, 5.41) is 14.7. The van der Waals surface area contributed by atoms with Crippen LogP contribution in [0.5, 0.6) is 11.5 Å². The highest BCUT2D eigenvalue weighted by Crippen LogP contribution is 2.34. The zero-order valence-corrected chi connectivity index (χ0v) is 15.6. The SMILES string of the molecule is O=C(NCCc1ccc(Cl)cc1)c1ccc(Nc2ccc3c(c2)OCO3)nn1. The fourth-order valence-electron chi connectivity index (χ4n) is 2.70. The van der Waals surface area contributed by atoms with Crippen molar-refractivity contribution in [2.45, 2.75) is 6.42 Å². The number of halogens is 1. The van der Waals surface area contributed by atoms with E-state index >= 15 is 0 Å². The van der Waals surface area contributed by atoms with Crippen molar-refractivity contribution < 1.29 is 14.3 Å². The van der Waals surface area contributed by atoms with Gasteiger partial charge in [0.25, 0.3) is 5.91 Å². The lowest BCUT2D eigenvalue weighted by Crippen LogP contribution is -2.26. The smallest absolute Gasteiger partial charge is 0.271 e. The van der Waals surface area contributed by atoms with Crippen molar-refractivity contribution in [2.75, 3.05) is 18.7 Å². The van der Waals surface area contributed by atoms with Gasteiger partial charge in [-0.3, -0.25) is 4.79 Å². The minimum Gasteiger partial charge on any atom is -0.454 e. The van der Waals surface area contributed by atoms with Gasteiger partial charge in [0.1, 0.15) is 0 Å². The Kier molecular flexibility index (Phi) is 5.25. The van der Waals surface area contributed by atoms with Crippen molar-refractivity contribution in [1.82, 2.24) is 15.5 Å². The standard InChI is InChI=1S/C20H17ClN4O3/c21-14-3-1-13(2-4-14)9-10-22-20(26)16-6-8-19(25-24-16)23-15-5-7-17-18(11-15)28-12-27-17/h1-8,11H,9-10,12H2,(H,22,26)(H,23,25). The van der Waals surface area contributed by atoms with E-state index in [4.69, 9.17) is 21.1 Å². The van der Waals surface area contributed by atoms with Crippen LogP contribution in [-0.4, -0.2) is 29.4 Å². The van der Waals surface area contributed by atoms with Crippen LogP contribution in [0.2, 0.25) is 5.02 Å². The van der Waals surface area contributed by atoms with Gasteiger partial charge in [-0.2, -0.15) is 0 Å². The first-order valence-corrected chi connectivity index (χ1v) is 9.08. The second-order valence-corrected chi connectivity index (χ2v) is 6.57. The lowest BCUT2D eigenvalue weighted by molar-refractivity contribution is 0.0948. The molecule has 1 amide bonds. The van der Waals surface area contributed by atoms with E-state index < -0.39 is 0 Å². The van der Waals surface area contributed by atoms with Crippen LogP contribution in [-0.2, 0) is 6.42 Å². The van der Waals surface area contributed by atoms with Gasteiger partial charge in [-0.25, -0.2) is 0 Å². The minimum absolute atomic E-state index is 0.223. The highest BCUT2D eigenvalue weighted by Gasteiger charge is 2.14. The van der Waals surface area contributed by atoms with E-state index in [1.165, 1.54) is 0 Å². The van der Waals surface area contributed by atoms with Crippen molar-refractivity contribution in [1.29, 1.82) is 0 Å². The van der Waals surface area contributed by atoms with Gasteiger partial charge in [-0.15, -0.1) is 10.2 Å².